The fraction of sp³-hybridized carbons (Fsp3) is 0.312. The lowest BCUT2D eigenvalue weighted by Crippen LogP contribution is -2.23. The summed E-state index contributed by atoms with van der Waals surface area (Å²) in [6, 6.07) is 12.3. The summed E-state index contributed by atoms with van der Waals surface area (Å²) in [5, 5.41) is 2.36. The number of primary amides is 1. The van der Waals surface area contributed by atoms with Crippen molar-refractivity contribution in [3.05, 3.63) is 42.0 Å². The number of benzene rings is 2. The standard InChI is InChI=1S/C16H19NO2S/c1-10(20-11(2)16(17)18)12-4-5-14-9-15(19-3)7-6-13(14)8-12/h4-11H,1-3H3,(H2,17,18)/t10-,11-/m1/s1. The number of hydrogen-bond acceptors (Lipinski definition) is 3. The number of hydrogen-bond donors (Lipinski definition) is 1. The van der Waals surface area contributed by atoms with Gasteiger partial charge in [0.05, 0.1) is 12.4 Å². The molecule has 106 valence electrons. The third kappa shape index (κ3) is 3.25. The molecule has 0 aliphatic carbocycles. The number of nitrogens with two attached hydrogens (primary N) is 1. The third-order valence-electron chi connectivity index (χ3n) is 3.35. The van der Waals surface area contributed by atoms with Gasteiger partial charge in [0.1, 0.15) is 5.75 Å². The highest BCUT2D eigenvalue weighted by Gasteiger charge is 2.15. The molecule has 3 nitrogen and oxygen atoms in total. The molecule has 4 heteroatoms. The fourth-order valence-electron chi connectivity index (χ4n) is 2.07. The second kappa shape index (κ2) is 6.18. The van der Waals surface area contributed by atoms with E-state index in [1.165, 1.54) is 10.9 Å². The Morgan fingerprint density at radius 1 is 1.15 bits per heavy atom. The second-order valence-corrected chi connectivity index (χ2v) is 6.48. The van der Waals surface area contributed by atoms with Crippen molar-refractivity contribution < 1.29 is 9.53 Å². The zero-order valence-corrected chi connectivity index (χ0v) is 12.7. The Balaban J connectivity index is 2.25. The molecule has 0 unspecified atom stereocenters. The van der Waals surface area contributed by atoms with Gasteiger partial charge in [0.25, 0.3) is 0 Å². The molecule has 0 aliphatic rings. The smallest absolute Gasteiger partial charge is 0.230 e. The Hall–Kier alpha value is -1.68. The summed E-state index contributed by atoms with van der Waals surface area (Å²) in [5.41, 5.74) is 6.51. The van der Waals surface area contributed by atoms with Gasteiger partial charge in [0.15, 0.2) is 0 Å². The van der Waals surface area contributed by atoms with E-state index in [1.54, 1.807) is 18.9 Å². The molecule has 2 atom stereocenters. The summed E-state index contributed by atoms with van der Waals surface area (Å²) in [5.74, 6) is 0.586. The topological polar surface area (TPSA) is 52.3 Å². The number of thioether (sulfide) groups is 1. The molecule has 2 aromatic carbocycles. The zero-order valence-electron chi connectivity index (χ0n) is 11.9. The van der Waals surface area contributed by atoms with Gasteiger partial charge < -0.3 is 10.5 Å². The number of amides is 1. The predicted octanol–water partition coefficient (Wildman–Crippen LogP) is 3.52. The Morgan fingerprint density at radius 3 is 2.45 bits per heavy atom. The van der Waals surface area contributed by atoms with Crippen LogP contribution in [0.15, 0.2) is 36.4 Å². The maximum Gasteiger partial charge on any atom is 0.230 e. The summed E-state index contributed by atoms with van der Waals surface area (Å²) in [6.07, 6.45) is 0. The number of fused-ring (bicyclic) bond motifs is 1. The lowest BCUT2D eigenvalue weighted by Gasteiger charge is -2.16. The Labute approximate surface area is 123 Å². The van der Waals surface area contributed by atoms with Crippen molar-refractivity contribution in [1.29, 1.82) is 0 Å². The molecule has 2 rings (SSSR count). The number of carbonyl (C=O) groups is 1. The van der Waals surface area contributed by atoms with Crippen molar-refractivity contribution >= 4 is 28.4 Å². The van der Waals surface area contributed by atoms with Crippen molar-refractivity contribution in [3.63, 3.8) is 0 Å². The van der Waals surface area contributed by atoms with E-state index in [4.69, 9.17) is 10.5 Å². The summed E-state index contributed by atoms with van der Waals surface area (Å²) in [6.45, 7) is 3.93. The minimum atomic E-state index is -0.271. The highest BCUT2D eigenvalue weighted by atomic mass is 32.2. The van der Waals surface area contributed by atoms with Crippen LogP contribution >= 0.6 is 11.8 Å². The average molecular weight is 289 g/mol. The van der Waals surface area contributed by atoms with Gasteiger partial charge in [-0.1, -0.05) is 24.3 Å². The molecule has 20 heavy (non-hydrogen) atoms. The first-order valence-electron chi connectivity index (χ1n) is 6.53. The number of methoxy groups -OCH3 is 1. The first-order chi connectivity index (χ1) is 9.51. The first kappa shape index (κ1) is 14.7. The predicted molar refractivity (Wildman–Crippen MR) is 85.2 cm³/mol. The maximum atomic E-state index is 11.1. The first-order valence-corrected chi connectivity index (χ1v) is 7.48. The molecule has 0 saturated carbocycles. The number of carbonyl (C=O) groups excluding carboxylic acids is 1. The van der Waals surface area contributed by atoms with Crippen molar-refractivity contribution in [2.24, 2.45) is 5.73 Å². The summed E-state index contributed by atoms with van der Waals surface area (Å²) in [4.78, 5) is 11.1. The zero-order chi connectivity index (χ0) is 14.7. The van der Waals surface area contributed by atoms with Crippen LogP contribution in [0, 0.1) is 0 Å². The lowest BCUT2D eigenvalue weighted by atomic mass is 10.1. The molecular formula is C16H19NO2S. The van der Waals surface area contributed by atoms with Crippen LogP contribution in [0.3, 0.4) is 0 Å². The van der Waals surface area contributed by atoms with Crippen LogP contribution in [0.1, 0.15) is 24.7 Å². The Kier molecular flexibility index (Phi) is 4.55. The molecule has 0 bridgehead atoms. The summed E-state index contributed by atoms with van der Waals surface area (Å²) in [7, 11) is 1.67. The van der Waals surface area contributed by atoms with Crippen molar-refractivity contribution in [3.8, 4) is 5.75 Å². The third-order valence-corrected chi connectivity index (χ3v) is 4.67. The van der Waals surface area contributed by atoms with Crippen LogP contribution in [-0.2, 0) is 4.79 Å². The van der Waals surface area contributed by atoms with Gasteiger partial charge >= 0.3 is 0 Å². The molecule has 0 aromatic heterocycles. The van der Waals surface area contributed by atoms with Gasteiger partial charge in [-0.3, -0.25) is 4.79 Å². The highest BCUT2D eigenvalue weighted by Crippen LogP contribution is 2.33. The van der Waals surface area contributed by atoms with E-state index in [0.717, 1.165) is 11.1 Å². The van der Waals surface area contributed by atoms with Gasteiger partial charge in [-0.15, -0.1) is 11.8 Å². The molecule has 2 N–H and O–H groups in total. The van der Waals surface area contributed by atoms with Gasteiger partial charge in [-0.05, 0) is 42.3 Å². The van der Waals surface area contributed by atoms with Crippen LogP contribution < -0.4 is 10.5 Å². The Morgan fingerprint density at radius 2 is 1.80 bits per heavy atom. The van der Waals surface area contributed by atoms with Gasteiger partial charge in [0, 0.05) is 5.25 Å². The quantitative estimate of drug-likeness (QED) is 0.916. The van der Waals surface area contributed by atoms with Crippen LogP contribution in [0.4, 0.5) is 0 Å². The van der Waals surface area contributed by atoms with E-state index < -0.39 is 0 Å². The Bertz CT molecular complexity index is 627. The highest BCUT2D eigenvalue weighted by molar-refractivity contribution is 8.00. The number of rotatable bonds is 5. The molecule has 2 aromatic rings. The van der Waals surface area contributed by atoms with E-state index in [-0.39, 0.29) is 16.4 Å². The van der Waals surface area contributed by atoms with Crippen molar-refractivity contribution in [1.82, 2.24) is 0 Å². The second-order valence-electron chi connectivity index (χ2n) is 4.80. The van der Waals surface area contributed by atoms with Crippen LogP contribution in [0.2, 0.25) is 0 Å². The minimum Gasteiger partial charge on any atom is -0.497 e. The van der Waals surface area contributed by atoms with Gasteiger partial charge in [0.2, 0.25) is 5.91 Å². The lowest BCUT2D eigenvalue weighted by molar-refractivity contribution is -0.117. The van der Waals surface area contributed by atoms with Crippen LogP contribution in [0.25, 0.3) is 10.8 Å². The molecule has 0 heterocycles. The van der Waals surface area contributed by atoms with E-state index in [2.05, 4.69) is 25.1 Å². The minimum absolute atomic E-state index is 0.184. The monoisotopic (exact) mass is 289 g/mol. The maximum absolute atomic E-state index is 11.1. The number of ether oxygens (including phenoxy) is 1. The SMILES string of the molecule is COc1ccc2cc([C@@H](C)S[C@H](C)C(N)=O)ccc2c1. The molecular weight excluding hydrogens is 270 g/mol. The van der Waals surface area contributed by atoms with Gasteiger partial charge in [-0.2, -0.15) is 0 Å². The van der Waals surface area contributed by atoms with Crippen LogP contribution in [-0.4, -0.2) is 18.3 Å². The van der Waals surface area contributed by atoms with E-state index >= 15 is 0 Å². The van der Waals surface area contributed by atoms with E-state index in [9.17, 15) is 4.79 Å². The van der Waals surface area contributed by atoms with Crippen LogP contribution in [0.5, 0.6) is 5.75 Å². The van der Waals surface area contributed by atoms with Crippen molar-refractivity contribution in [2.75, 3.05) is 7.11 Å². The average Bonchev–Trinajstić information content (AvgIpc) is 2.45. The normalized spacial score (nSPS) is 13.9. The van der Waals surface area contributed by atoms with E-state index in [1.807, 2.05) is 25.1 Å². The van der Waals surface area contributed by atoms with E-state index in [0.29, 0.717) is 0 Å². The molecule has 0 aliphatic heterocycles. The summed E-state index contributed by atoms with van der Waals surface area (Å²) >= 11 is 1.58. The molecule has 0 fully saturated rings. The fourth-order valence-corrected chi connectivity index (χ4v) is 3.12. The largest absolute Gasteiger partial charge is 0.497 e. The molecule has 0 spiro atoms. The summed E-state index contributed by atoms with van der Waals surface area (Å²) < 4.78 is 5.22. The molecule has 0 radical (unpaired) electrons. The van der Waals surface area contributed by atoms with Crippen molar-refractivity contribution in [2.45, 2.75) is 24.3 Å². The molecule has 1 amide bonds. The molecule has 0 saturated heterocycles. The van der Waals surface area contributed by atoms with Gasteiger partial charge in [-0.25, -0.2) is 0 Å².